The molecule has 0 aliphatic rings. The molecule has 0 saturated carbocycles. The lowest BCUT2D eigenvalue weighted by Gasteiger charge is -2.04. The van der Waals surface area contributed by atoms with Crippen molar-refractivity contribution < 1.29 is 0 Å². The fourth-order valence-corrected chi connectivity index (χ4v) is 2.45. The van der Waals surface area contributed by atoms with Gasteiger partial charge in [-0.15, -0.1) is 5.10 Å². The highest BCUT2D eigenvalue weighted by molar-refractivity contribution is 5.68. The molecule has 0 aliphatic heterocycles. The molecule has 0 amide bonds. The summed E-state index contributed by atoms with van der Waals surface area (Å²) in [7, 11) is 0. The number of rotatable bonds is 9. The molecule has 1 heterocycles. The fourth-order valence-electron chi connectivity index (χ4n) is 2.45. The zero-order chi connectivity index (χ0) is 15.6. The molecule has 22 heavy (non-hydrogen) atoms. The van der Waals surface area contributed by atoms with Gasteiger partial charge >= 0.3 is 0 Å². The summed E-state index contributed by atoms with van der Waals surface area (Å²) >= 11 is 0. The third-order valence-corrected chi connectivity index (χ3v) is 3.75. The van der Waals surface area contributed by atoms with Gasteiger partial charge in [0, 0.05) is 13.1 Å². The van der Waals surface area contributed by atoms with Gasteiger partial charge in [-0.05, 0) is 18.1 Å². The fraction of sp³-hybridized carbons (Fsp3) is 0.444. The van der Waals surface area contributed by atoms with Crippen LogP contribution in [0.3, 0.4) is 0 Å². The van der Waals surface area contributed by atoms with Crippen LogP contribution in [0, 0.1) is 0 Å². The van der Waals surface area contributed by atoms with Gasteiger partial charge in [0.05, 0.1) is 5.69 Å². The van der Waals surface area contributed by atoms with Gasteiger partial charge in [-0.3, -0.25) is 0 Å². The molecule has 2 aromatic rings. The molecule has 4 heteroatoms. The zero-order valence-electron chi connectivity index (χ0n) is 13.4. The molecule has 0 bridgehead atoms. The molecule has 0 aliphatic carbocycles. The lowest BCUT2D eigenvalue weighted by Crippen LogP contribution is -2.04. The molecule has 2 N–H and O–H groups in total. The number of unbranched alkanes of at least 4 members (excludes halogenated alkanes) is 4. The summed E-state index contributed by atoms with van der Waals surface area (Å²) in [5, 5.41) is 8.45. The van der Waals surface area contributed by atoms with Crippen molar-refractivity contribution in [3.8, 4) is 0 Å². The van der Waals surface area contributed by atoms with E-state index in [0.29, 0.717) is 6.54 Å². The van der Waals surface area contributed by atoms with Crippen molar-refractivity contribution in [2.75, 3.05) is 0 Å². The predicted octanol–water partition coefficient (Wildman–Crippen LogP) is 3.88. The van der Waals surface area contributed by atoms with E-state index in [1.807, 2.05) is 22.9 Å². The van der Waals surface area contributed by atoms with E-state index in [9.17, 15) is 0 Å². The average molecular weight is 298 g/mol. The molecular weight excluding hydrogens is 272 g/mol. The van der Waals surface area contributed by atoms with Gasteiger partial charge in [0.15, 0.2) is 0 Å². The van der Waals surface area contributed by atoms with E-state index >= 15 is 0 Å². The first kappa shape index (κ1) is 16.4. The van der Waals surface area contributed by atoms with E-state index < -0.39 is 0 Å². The second-order valence-electron chi connectivity index (χ2n) is 5.51. The summed E-state index contributed by atoms with van der Waals surface area (Å²) in [6, 6.07) is 10.2. The quantitative estimate of drug-likeness (QED) is 0.715. The monoisotopic (exact) mass is 298 g/mol. The van der Waals surface area contributed by atoms with Crippen molar-refractivity contribution in [1.82, 2.24) is 15.0 Å². The summed E-state index contributed by atoms with van der Waals surface area (Å²) in [5.74, 6) is 0. The minimum absolute atomic E-state index is 0.421. The van der Waals surface area contributed by atoms with Crippen molar-refractivity contribution in [3.63, 3.8) is 0 Å². The van der Waals surface area contributed by atoms with Crippen LogP contribution in [0.25, 0.3) is 12.2 Å². The van der Waals surface area contributed by atoms with Crippen LogP contribution in [0.5, 0.6) is 0 Å². The van der Waals surface area contributed by atoms with E-state index in [4.69, 9.17) is 5.73 Å². The molecule has 1 aromatic carbocycles. The van der Waals surface area contributed by atoms with E-state index in [1.165, 1.54) is 31.2 Å². The summed E-state index contributed by atoms with van der Waals surface area (Å²) < 4.78 is 1.98. The Morgan fingerprint density at radius 1 is 1.05 bits per heavy atom. The molecule has 0 fully saturated rings. The van der Waals surface area contributed by atoms with E-state index in [-0.39, 0.29) is 0 Å². The Morgan fingerprint density at radius 2 is 1.82 bits per heavy atom. The molecule has 2 rings (SSSR count). The number of nitrogens with zero attached hydrogens (tertiary/aromatic N) is 3. The van der Waals surface area contributed by atoms with Gasteiger partial charge in [0.25, 0.3) is 0 Å². The van der Waals surface area contributed by atoms with Gasteiger partial charge in [-0.1, -0.05) is 74.2 Å². The maximum absolute atomic E-state index is 5.78. The topological polar surface area (TPSA) is 56.7 Å². The number of hydrogen-bond acceptors (Lipinski definition) is 3. The van der Waals surface area contributed by atoms with E-state index in [1.54, 1.807) is 0 Å². The SMILES string of the molecule is CCCCCCCn1nnc(CN)c1/C=C/c1ccccc1. The van der Waals surface area contributed by atoms with E-state index in [0.717, 1.165) is 24.4 Å². The van der Waals surface area contributed by atoms with Crippen LogP contribution in [0.1, 0.15) is 56.0 Å². The second-order valence-corrected chi connectivity index (χ2v) is 5.51. The minimum atomic E-state index is 0.421. The summed E-state index contributed by atoms with van der Waals surface area (Å²) in [6.45, 7) is 3.56. The number of benzene rings is 1. The van der Waals surface area contributed by atoms with Crippen LogP contribution in [-0.4, -0.2) is 15.0 Å². The average Bonchev–Trinajstić information content (AvgIpc) is 2.95. The van der Waals surface area contributed by atoms with Gasteiger partial charge in [-0.25, -0.2) is 4.68 Å². The van der Waals surface area contributed by atoms with Crippen molar-refractivity contribution in [3.05, 3.63) is 47.3 Å². The van der Waals surface area contributed by atoms with Crippen LogP contribution in [0.4, 0.5) is 0 Å². The Balaban J connectivity index is 2.02. The smallest absolute Gasteiger partial charge is 0.104 e. The lowest BCUT2D eigenvalue weighted by atomic mass is 10.1. The highest BCUT2D eigenvalue weighted by Crippen LogP contribution is 2.13. The maximum atomic E-state index is 5.78. The van der Waals surface area contributed by atoms with Gasteiger partial charge in [0.1, 0.15) is 5.69 Å². The highest BCUT2D eigenvalue weighted by Gasteiger charge is 2.08. The van der Waals surface area contributed by atoms with Gasteiger partial charge < -0.3 is 5.73 Å². The highest BCUT2D eigenvalue weighted by atomic mass is 15.4. The van der Waals surface area contributed by atoms with Crippen LogP contribution >= 0.6 is 0 Å². The first-order valence-corrected chi connectivity index (χ1v) is 8.20. The maximum Gasteiger partial charge on any atom is 0.104 e. The van der Waals surface area contributed by atoms with Gasteiger partial charge in [0.2, 0.25) is 0 Å². The first-order valence-electron chi connectivity index (χ1n) is 8.20. The number of hydrogen-bond donors (Lipinski definition) is 1. The second kappa shape index (κ2) is 9.15. The first-order chi connectivity index (χ1) is 10.8. The molecule has 0 spiro atoms. The van der Waals surface area contributed by atoms with Crippen molar-refractivity contribution >= 4 is 12.2 Å². The molecule has 1 aromatic heterocycles. The normalized spacial score (nSPS) is 11.4. The predicted molar refractivity (Wildman–Crippen MR) is 92.0 cm³/mol. The molecule has 0 atom stereocenters. The van der Waals surface area contributed by atoms with Crippen LogP contribution in [0.2, 0.25) is 0 Å². The Morgan fingerprint density at radius 3 is 2.55 bits per heavy atom. The van der Waals surface area contributed by atoms with Crippen molar-refractivity contribution in [2.45, 2.75) is 52.1 Å². The number of aryl methyl sites for hydroxylation is 1. The molecule has 4 nitrogen and oxygen atoms in total. The molecule has 0 saturated heterocycles. The summed E-state index contributed by atoms with van der Waals surface area (Å²) in [6.07, 6.45) is 10.4. The van der Waals surface area contributed by atoms with Crippen LogP contribution < -0.4 is 5.73 Å². The van der Waals surface area contributed by atoms with Crippen molar-refractivity contribution in [2.24, 2.45) is 5.73 Å². The molecular formula is C18H26N4. The molecule has 0 unspecified atom stereocenters. The van der Waals surface area contributed by atoms with E-state index in [2.05, 4.69) is 41.5 Å². The third kappa shape index (κ3) is 4.81. The largest absolute Gasteiger partial charge is 0.325 e. The Hall–Kier alpha value is -1.94. The summed E-state index contributed by atoms with van der Waals surface area (Å²) in [5.41, 5.74) is 8.84. The third-order valence-electron chi connectivity index (χ3n) is 3.75. The summed E-state index contributed by atoms with van der Waals surface area (Å²) in [4.78, 5) is 0. The Bertz CT molecular complexity index is 572. The minimum Gasteiger partial charge on any atom is -0.325 e. The Kier molecular flexibility index (Phi) is 6.84. The van der Waals surface area contributed by atoms with Gasteiger partial charge in [-0.2, -0.15) is 0 Å². The lowest BCUT2D eigenvalue weighted by molar-refractivity contribution is 0.518. The number of aromatic nitrogens is 3. The number of nitrogens with two attached hydrogens (primary N) is 1. The van der Waals surface area contributed by atoms with Crippen molar-refractivity contribution in [1.29, 1.82) is 0 Å². The standard InChI is InChI=1S/C18H26N4/c1-2-3-4-5-9-14-22-18(17(15-19)20-21-22)13-12-16-10-7-6-8-11-16/h6-8,10-13H,2-5,9,14-15,19H2,1H3/b13-12+. The van der Waals surface area contributed by atoms with Crippen LogP contribution in [-0.2, 0) is 13.1 Å². The molecule has 0 radical (unpaired) electrons. The Labute approximate surface area is 133 Å². The zero-order valence-corrected chi connectivity index (χ0v) is 13.4. The van der Waals surface area contributed by atoms with Crippen LogP contribution in [0.15, 0.2) is 30.3 Å². The molecule has 118 valence electrons.